The molecule has 2 aromatic carbocycles. The van der Waals surface area contributed by atoms with Crippen molar-refractivity contribution in [2.24, 2.45) is 0 Å². The van der Waals surface area contributed by atoms with Gasteiger partial charge in [0.2, 0.25) is 11.8 Å². The number of hydrogen-bond donors (Lipinski definition) is 2. The number of benzene rings is 2. The lowest BCUT2D eigenvalue weighted by atomic mass is 10.0. The summed E-state index contributed by atoms with van der Waals surface area (Å²) in [6.45, 7) is 2.50. The molecule has 2 N–H and O–H groups in total. The molecule has 2 aliphatic rings. The van der Waals surface area contributed by atoms with Gasteiger partial charge in [0.25, 0.3) is 11.8 Å². The van der Waals surface area contributed by atoms with Crippen molar-refractivity contribution in [1.29, 1.82) is 0 Å². The number of nitrogens with one attached hydrogen (secondary N) is 2. The first-order valence-corrected chi connectivity index (χ1v) is 9.54. The molecule has 1 fully saturated rings. The Morgan fingerprint density at radius 1 is 1.17 bits per heavy atom. The molecule has 0 saturated carbocycles. The fraction of sp³-hybridized carbons (Fsp3) is 0.273. The van der Waals surface area contributed by atoms with Gasteiger partial charge in [-0.3, -0.25) is 24.5 Å². The summed E-state index contributed by atoms with van der Waals surface area (Å²) in [5, 5.41) is 5.21. The predicted molar refractivity (Wildman–Crippen MR) is 105 cm³/mol. The van der Waals surface area contributed by atoms with Crippen LogP contribution in [0.5, 0.6) is 0 Å². The zero-order valence-electron chi connectivity index (χ0n) is 16.0. The highest BCUT2D eigenvalue weighted by Gasteiger charge is 2.39. The maximum atomic E-state index is 12.8. The van der Waals surface area contributed by atoms with Crippen LogP contribution in [0.15, 0.2) is 42.5 Å². The van der Waals surface area contributed by atoms with Crippen LogP contribution in [0.2, 0.25) is 0 Å². The second-order valence-electron chi connectivity index (χ2n) is 7.40. The highest BCUT2D eigenvalue weighted by Crippen LogP contribution is 2.29. The summed E-state index contributed by atoms with van der Waals surface area (Å²) in [4.78, 5) is 50.4. The lowest BCUT2D eigenvalue weighted by molar-refractivity contribution is -0.136. The van der Waals surface area contributed by atoms with Crippen molar-refractivity contribution < 1.29 is 19.2 Å². The Bertz CT molecular complexity index is 1030. The minimum absolute atomic E-state index is 0.183. The molecule has 1 atom stereocenters. The first kappa shape index (κ1) is 18.9. The van der Waals surface area contributed by atoms with E-state index in [2.05, 4.69) is 10.6 Å². The number of amides is 4. The van der Waals surface area contributed by atoms with Crippen LogP contribution in [0.25, 0.3) is 0 Å². The molecule has 0 spiro atoms. The normalized spacial score (nSPS) is 18.4. The molecule has 2 heterocycles. The van der Waals surface area contributed by atoms with Gasteiger partial charge in [-0.25, -0.2) is 0 Å². The van der Waals surface area contributed by atoms with E-state index in [9.17, 15) is 19.2 Å². The molecule has 2 aliphatic heterocycles. The standard InChI is InChI=1S/C22H21N3O4/c1-13-4-2-5-14(10-13)20(27)23-11-15-6-3-7-16-17(15)12-25(22(16)29)18-8-9-19(26)24-21(18)28/h2-7,10,18H,8-9,11-12H2,1H3,(H,23,27)(H,24,26,28). The van der Waals surface area contributed by atoms with Crippen molar-refractivity contribution in [2.45, 2.75) is 38.9 Å². The summed E-state index contributed by atoms with van der Waals surface area (Å²) in [5.74, 6) is -1.15. The third-order valence-corrected chi connectivity index (χ3v) is 5.40. The van der Waals surface area contributed by atoms with Gasteiger partial charge in [-0.05, 0) is 42.7 Å². The Balaban J connectivity index is 1.50. The molecule has 29 heavy (non-hydrogen) atoms. The van der Waals surface area contributed by atoms with Gasteiger partial charge < -0.3 is 10.2 Å². The number of imide groups is 1. The average molecular weight is 391 g/mol. The molecule has 4 rings (SSSR count). The summed E-state index contributed by atoms with van der Waals surface area (Å²) in [5.41, 5.74) is 3.78. The topological polar surface area (TPSA) is 95.6 Å². The quantitative estimate of drug-likeness (QED) is 0.776. The highest BCUT2D eigenvalue weighted by molar-refractivity contribution is 6.05. The van der Waals surface area contributed by atoms with Crippen LogP contribution in [-0.4, -0.2) is 34.6 Å². The summed E-state index contributed by atoms with van der Waals surface area (Å²) >= 11 is 0. The highest BCUT2D eigenvalue weighted by atomic mass is 16.2. The van der Waals surface area contributed by atoms with Gasteiger partial charge in [-0.2, -0.15) is 0 Å². The Morgan fingerprint density at radius 2 is 1.97 bits per heavy atom. The molecule has 0 radical (unpaired) electrons. The van der Waals surface area contributed by atoms with E-state index in [1.807, 2.05) is 31.2 Å². The van der Waals surface area contributed by atoms with E-state index < -0.39 is 11.9 Å². The molecule has 0 aromatic heterocycles. The van der Waals surface area contributed by atoms with Crippen LogP contribution in [0.3, 0.4) is 0 Å². The van der Waals surface area contributed by atoms with Gasteiger partial charge in [0, 0.05) is 30.6 Å². The minimum atomic E-state index is -0.651. The molecular formula is C22H21N3O4. The van der Waals surface area contributed by atoms with E-state index >= 15 is 0 Å². The van der Waals surface area contributed by atoms with E-state index in [-0.39, 0.29) is 37.2 Å². The number of carbonyl (C=O) groups excluding carboxylic acids is 4. The molecule has 148 valence electrons. The number of piperidine rings is 1. The summed E-state index contributed by atoms with van der Waals surface area (Å²) < 4.78 is 0. The molecular weight excluding hydrogens is 370 g/mol. The Kier molecular flexibility index (Phi) is 4.88. The molecule has 0 aliphatic carbocycles. The van der Waals surface area contributed by atoms with Crippen LogP contribution < -0.4 is 10.6 Å². The van der Waals surface area contributed by atoms with Crippen molar-refractivity contribution in [3.8, 4) is 0 Å². The monoisotopic (exact) mass is 391 g/mol. The number of hydrogen-bond acceptors (Lipinski definition) is 4. The van der Waals surface area contributed by atoms with E-state index in [4.69, 9.17) is 0 Å². The number of rotatable bonds is 4. The maximum Gasteiger partial charge on any atom is 0.255 e. The molecule has 1 saturated heterocycles. The Hall–Kier alpha value is -3.48. The van der Waals surface area contributed by atoms with E-state index in [1.165, 1.54) is 4.90 Å². The Labute approximate surface area is 168 Å². The largest absolute Gasteiger partial charge is 0.348 e. The number of fused-ring (bicyclic) bond motifs is 1. The van der Waals surface area contributed by atoms with Crippen LogP contribution in [0, 0.1) is 6.92 Å². The summed E-state index contributed by atoms with van der Waals surface area (Å²) in [7, 11) is 0. The van der Waals surface area contributed by atoms with Gasteiger partial charge in [-0.15, -0.1) is 0 Å². The summed E-state index contributed by atoms with van der Waals surface area (Å²) in [6, 6.07) is 12.1. The number of aryl methyl sites for hydroxylation is 1. The first-order chi connectivity index (χ1) is 13.9. The van der Waals surface area contributed by atoms with Crippen molar-refractivity contribution in [1.82, 2.24) is 15.5 Å². The third-order valence-electron chi connectivity index (χ3n) is 5.40. The Morgan fingerprint density at radius 3 is 2.72 bits per heavy atom. The van der Waals surface area contributed by atoms with Crippen LogP contribution >= 0.6 is 0 Å². The lowest BCUT2D eigenvalue weighted by Crippen LogP contribution is -2.52. The molecule has 2 aromatic rings. The molecule has 7 nitrogen and oxygen atoms in total. The second-order valence-corrected chi connectivity index (χ2v) is 7.40. The van der Waals surface area contributed by atoms with Crippen molar-refractivity contribution in [2.75, 3.05) is 0 Å². The van der Waals surface area contributed by atoms with E-state index in [0.29, 0.717) is 17.5 Å². The average Bonchev–Trinajstić information content (AvgIpc) is 3.03. The zero-order valence-corrected chi connectivity index (χ0v) is 16.0. The summed E-state index contributed by atoms with van der Waals surface area (Å²) in [6.07, 6.45) is 0.541. The zero-order chi connectivity index (χ0) is 20.5. The predicted octanol–water partition coefficient (Wildman–Crippen LogP) is 1.69. The molecule has 7 heteroatoms. The van der Waals surface area contributed by atoms with Gasteiger partial charge in [0.1, 0.15) is 6.04 Å². The number of nitrogens with zero attached hydrogens (tertiary/aromatic N) is 1. The van der Waals surface area contributed by atoms with Crippen molar-refractivity contribution in [3.63, 3.8) is 0 Å². The van der Waals surface area contributed by atoms with E-state index in [0.717, 1.165) is 16.7 Å². The first-order valence-electron chi connectivity index (χ1n) is 9.54. The van der Waals surface area contributed by atoms with Gasteiger partial charge in [0.15, 0.2) is 0 Å². The molecule has 1 unspecified atom stereocenters. The van der Waals surface area contributed by atoms with Gasteiger partial charge in [0.05, 0.1) is 0 Å². The molecule has 4 amide bonds. The van der Waals surface area contributed by atoms with Gasteiger partial charge in [-0.1, -0.05) is 29.8 Å². The van der Waals surface area contributed by atoms with E-state index in [1.54, 1.807) is 18.2 Å². The smallest absolute Gasteiger partial charge is 0.255 e. The van der Waals surface area contributed by atoms with Crippen molar-refractivity contribution >= 4 is 23.6 Å². The van der Waals surface area contributed by atoms with Crippen LogP contribution in [0.1, 0.15) is 50.2 Å². The van der Waals surface area contributed by atoms with Crippen molar-refractivity contribution in [3.05, 3.63) is 70.3 Å². The second kappa shape index (κ2) is 7.50. The minimum Gasteiger partial charge on any atom is -0.348 e. The van der Waals surface area contributed by atoms with Gasteiger partial charge >= 0.3 is 0 Å². The fourth-order valence-electron chi connectivity index (χ4n) is 3.88. The third kappa shape index (κ3) is 3.63. The SMILES string of the molecule is Cc1cccc(C(=O)NCc2cccc3c2CN(C2CCC(=O)NC2=O)C3=O)c1. The number of carbonyl (C=O) groups is 4. The lowest BCUT2D eigenvalue weighted by Gasteiger charge is -2.29. The molecule has 0 bridgehead atoms. The fourth-order valence-corrected chi connectivity index (χ4v) is 3.88. The van der Waals surface area contributed by atoms with Crippen LogP contribution in [-0.2, 0) is 22.7 Å². The van der Waals surface area contributed by atoms with Crippen LogP contribution in [0.4, 0.5) is 0 Å². The maximum absolute atomic E-state index is 12.8.